The first kappa shape index (κ1) is 23.5. The van der Waals surface area contributed by atoms with Crippen LogP contribution < -0.4 is 14.8 Å². The van der Waals surface area contributed by atoms with E-state index in [-0.39, 0.29) is 30.0 Å². The van der Waals surface area contributed by atoms with E-state index in [4.69, 9.17) is 18.9 Å². The summed E-state index contributed by atoms with van der Waals surface area (Å²) in [7, 11) is 0. The summed E-state index contributed by atoms with van der Waals surface area (Å²) in [6.45, 7) is 9.25. The average Bonchev–Trinajstić information content (AvgIpc) is 2.72. The van der Waals surface area contributed by atoms with Gasteiger partial charge in [-0.25, -0.2) is 4.79 Å². The normalized spacial score (nSPS) is 14.8. The molecule has 2 rings (SSSR count). The van der Waals surface area contributed by atoms with Crippen LogP contribution in [0.5, 0.6) is 11.5 Å². The Morgan fingerprint density at radius 2 is 1.80 bits per heavy atom. The number of carbonyl (C=O) groups is 3. The third-order valence-electron chi connectivity index (χ3n) is 4.28. The van der Waals surface area contributed by atoms with E-state index >= 15 is 0 Å². The minimum Gasteiger partial charge on any atom is -0.490 e. The van der Waals surface area contributed by atoms with Gasteiger partial charge in [0.2, 0.25) is 0 Å². The molecule has 1 fully saturated rings. The number of amides is 2. The molecule has 9 nitrogen and oxygen atoms in total. The van der Waals surface area contributed by atoms with Crippen LogP contribution in [0, 0.1) is 0 Å². The van der Waals surface area contributed by atoms with Crippen LogP contribution >= 0.6 is 0 Å². The maximum atomic E-state index is 12.4. The second kappa shape index (κ2) is 11.4. The molecule has 0 aliphatic carbocycles. The topological polar surface area (TPSA) is 103 Å². The molecule has 1 N–H and O–H groups in total. The fraction of sp³-hybridized carbons (Fsp3) is 0.571. The Hall–Kier alpha value is -2.81. The Morgan fingerprint density at radius 3 is 2.43 bits per heavy atom. The lowest BCUT2D eigenvalue weighted by molar-refractivity contribution is -0.137. The minimum atomic E-state index is -0.933. The number of esters is 1. The zero-order chi connectivity index (χ0) is 22.1. The van der Waals surface area contributed by atoms with Crippen molar-refractivity contribution in [3.63, 3.8) is 0 Å². The fourth-order valence-corrected chi connectivity index (χ4v) is 2.75. The largest absolute Gasteiger partial charge is 0.490 e. The highest BCUT2D eigenvalue weighted by molar-refractivity contribution is 5.93. The molecule has 1 saturated heterocycles. The third kappa shape index (κ3) is 6.91. The van der Waals surface area contributed by atoms with Gasteiger partial charge in [-0.15, -0.1) is 0 Å². The number of hydrogen-bond acceptors (Lipinski definition) is 7. The first-order valence-corrected chi connectivity index (χ1v) is 10.1. The van der Waals surface area contributed by atoms with Gasteiger partial charge in [0.1, 0.15) is 0 Å². The van der Waals surface area contributed by atoms with Crippen LogP contribution in [0.4, 0.5) is 0 Å². The summed E-state index contributed by atoms with van der Waals surface area (Å²) in [6.07, 6.45) is -0.933. The molecule has 166 valence electrons. The van der Waals surface area contributed by atoms with Crippen molar-refractivity contribution in [1.29, 1.82) is 0 Å². The number of morpholine rings is 1. The van der Waals surface area contributed by atoms with E-state index in [2.05, 4.69) is 5.32 Å². The number of carbonyl (C=O) groups excluding carboxylic acids is 3. The van der Waals surface area contributed by atoms with Gasteiger partial charge in [0, 0.05) is 19.1 Å². The highest BCUT2D eigenvalue weighted by atomic mass is 16.5. The summed E-state index contributed by atoms with van der Waals surface area (Å²) < 4.78 is 21.6. The highest BCUT2D eigenvalue weighted by Crippen LogP contribution is 2.29. The number of benzene rings is 1. The van der Waals surface area contributed by atoms with E-state index in [0.29, 0.717) is 44.4 Å². The number of hydrogen-bond donors (Lipinski definition) is 1. The third-order valence-corrected chi connectivity index (χ3v) is 4.28. The predicted molar refractivity (Wildman–Crippen MR) is 109 cm³/mol. The second-order valence-electron chi connectivity index (χ2n) is 7.09. The number of ether oxygens (including phenoxy) is 4. The minimum absolute atomic E-state index is 0.0557. The zero-order valence-electron chi connectivity index (χ0n) is 17.9. The molecule has 1 aromatic carbocycles. The molecule has 30 heavy (non-hydrogen) atoms. The summed E-state index contributed by atoms with van der Waals surface area (Å²) in [5, 5.41) is 2.69. The first-order valence-electron chi connectivity index (χ1n) is 10.1. The van der Waals surface area contributed by atoms with Crippen LogP contribution in [0.3, 0.4) is 0 Å². The van der Waals surface area contributed by atoms with E-state index in [1.807, 2.05) is 13.8 Å². The maximum Gasteiger partial charge on any atom is 0.339 e. The van der Waals surface area contributed by atoms with Crippen LogP contribution in [-0.2, 0) is 19.1 Å². The van der Waals surface area contributed by atoms with Crippen molar-refractivity contribution >= 4 is 17.8 Å². The van der Waals surface area contributed by atoms with Crippen molar-refractivity contribution in [2.75, 3.05) is 39.5 Å². The quantitative estimate of drug-likeness (QED) is 0.600. The molecule has 9 heteroatoms. The van der Waals surface area contributed by atoms with Crippen LogP contribution in [0.15, 0.2) is 18.2 Å². The predicted octanol–water partition coefficient (Wildman–Crippen LogP) is 1.39. The van der Waals surface area contributed by atoms with Gasteiger partial charge in [0.25, 0.3) is 11.8 Å². The Balaban J connectivity index is 2.01. The highest BCUT2D eigenvalue weighted by Gasteiger charge is 2.22. The van der Waals surface area contributed by atoms with Crippen molar-refractivity contribution in [3.05, 3.63) is 23.8 Å². The Bertz CT molecular complexity index is 745. The monoisotopic (exact) mass is 422 g/mol. The van der Waals surface area contributed by atoms with Crippen molar-refractivity contribution < 1.29 is 33.3 Å². The molecule has 1 aliphatic heterocycles. The molecule has 1 heterocycles. The van der Waals surface area contributed by atoms with Gasteiger partial charge >= 0.3 is 5.97 Å². The summed E-state index contributed by atoms with van der Waals surface area (Å²) in [5.41, 5.74) is 0.217. The SMILES string of the molecule is CCOc1cc(C(=O)O[C@H](C)C(=O)NC(C)C)ccc1OCC(=O)N1CCOCC1. The lowest BCUT2D eigenvalue weighted by Gasteiger charge is -2.26. The van der Waals surface area contributed by atoms with Gasteiger partial charge in [-0.2, -0.15) is 0 Å². The molecule has 0 unspecified atom stereocenters. The molecule has 0 aromatic heterocycles. The van der Waals surface area contributed by atoms with Crippen molar-refractivity contribution in [1.82, 2.24) is 10.2 Å². The smallest absolute Gasteiger partial charge is 0.339 e. The van der Waals surface area contributed by atoms with E-state index in [0.717, 1.165) is 0 Å². The molecular formula is C21H30N2O7. The van der Waals surface area contributed by atoms with Crippen LogP contribution in [0.2, 0.25) is 0 Å². The molecule has 2 amide bonds. The van der Waals surface area contributed by atoms with Crippen LogP contribution in [0.25, 0.3) is 0 Å². The standard InChI is InChI=1S/C21H30N2O7/c1-5-28-18-12-16(21(26)30-15(4)20(25)22-14(2)3)6-7-17(18)29-13-19(24)23-8-10-27-11-9-23/h6-7,12,14-15H,5,8-11,13H2,1-4H3,(H,22,25)/t15-/m1/s1. The molecule has 1 aliphatic rings. The number of nitrogens with zero attached hydrogens (tertiary/aromatic N) is 1. The van der Waals surface area contributed by atoms with Crippen molar-refractivity contribution in [2.45, 2.75) is 39.8 Å². The number of nitrogens with one attached hydrogen (secondary N) is 1. The van der Waals surface area contributed by atoms with E-state index in [1.165, 1.54) is 19.1 Å². The molecule has 0 spiro atoms. The van der Waals surface area contributed by atoms with E-state index in [1.54, 1.807) is 17.9 Å². The maximum absolute atomic E-state index is 12.4. The van der Waals surface area contributed by atoms with Crippen molar-refractivity contribution in [2.24, 2.45) is 0 Å². The van der Waals surface area contributed by atoms with Gasteiger partial charge in [-0.3, -0.25) is 9.59 Å². The first-order chi connectivity index (χ1) is 14.3. The van der Waals surface area contributed by atoms with Gasteiger partial charge < -0.3 is 29.2 Å². The summed E-state index contributed by atoms with van der Waals surface area (Å²) in [6, 6.07) is 4.48. The lowest BCUT2D eigenvalue weighted by atomic mass is 10.2. The lowest BCUT2D eigenvalue weighted by Crippen LogP contribution is -2.43. The molecule has 1 atom stereocenters. The molecular weight excluding hydrogens is 392 g/mol. The Morgan fingerprint density at radius 1 is 1.10 bits per heavy atom. The fourth-order valence-electron chi connectivity index (χ4n) is 2.75. The zero-order valence-corrected chi connectivity index (χ0v) is 17.9. The summed E-state index contributed by atoms with van der Waals surface area (Å²) >= 11 is 0. The Labute approximate surface area is 176 Å². The van der Waals surface area contributed by atoms with E-state index < -0.39 is 12.1 Å². The molecule has 0 radical (unpaired) electrons. The van der Waals surface area contributed by atoms with Gasteiger partial charge in [0.15, 0.2) is 24.2 Å². The van der Waals surface area contributed by atoms with Gasteiger partial charge in [0.05, 0.1) is 25.4 Å². The second-order valence-corrected chi connectivity index (χ2v) is 7.09. The van der Waals surface area contributed by atoms with E-state index in [9.17, 15) is 14.4 Å². The van der Waals surface area contributed by atoms with Crippen molar-refractivity contribution in [3.8, 4) is 11.5 Å². The van der Waals surface area contributed by atoms with Gasteiger partial charge in [-0.05, 0) is 45.9 Å². The molecule has 0 saturated carbocycles. The molecule has 1 aromatic rings. The van der Waals surface area contributed by atoms with Crippen LogP contribution in [-0.4, -0.2) is 74.3 Å². The number of rotatable bonds is 9. The van der Waals surface area contributed by atoms with Crippen LogP contribution in [0.1, 0.15) is 38.1 Å². The average molecular weight is 422 g/mol. The Kier molecular flexibility index (Phi) is 8.91. The molecule has 0 bridgehead atoms. The summed E-state index contributed by atoms with van der Waals surface area (Å²) in [4.78, 5) is 38.3. The summed E-state index contributed by atoms with van der Waals surface area (Å²) in [5.74, 6) is -0.501. The van der Waals surface area contributed by atoms with Gasteiger partial charge in [-0.1, -0.05) is 0 Å².